The predicted octanol–water partition coefficient (Wildman–Crippen LogP) is 18.9. The summed E-state index contributed by atoms with van der Waals surface area (Å²) in [6, 6.07) is 77.6. The summed E-state index contributed by atoms with van der Waals surface area (Å²) in [5.41, 5.74) is 16.0. The van der Waals surface area contributed by atoms with Gasteiger partial charge in [0.2, 0.25) is 0 Å². The molecule has 2 aromatic heterocycles. The maximum atomic E-state index is 6.53. The molecule has 0 amide bonds. The summed E-state index contributed by atoms with van der Waals surface area (Å²) in [5, 5.41) is 12.1. The molecule has 0 atom stereocenters. The minimum atomic E-state index is 0. The number of aromatic nitrogens is 4. The largest absolute Gasteiger partial charge is 2.00 e. The van der Waals surface area contributed by atoms with E-state index in [-0.39, 0.29) is 20.4 Å². The van der Waals surface area contributed by atoms with Gasteiger partial charge in [-0.3, -0.25) is 0 Å². The Balaban J connectivity index is 0.00000641. The first-order valence-electron chi connectivity index (χ1n) is 32.6. The van der Waals surface area contributed by atoms with Gasteiger partial charge in [-0.2, -0.15) is 0 Å². The van der Waals surface area contributed by atoms with E-state index in [0.717, 1.165) is 176 Å². The van der Waals surface area contributed by atoms with Crippen LogP contribution in [0.15, 0.2) is 218 Å². The van der Waals surface area contributed by atoms with Crippen molar-refractivity contribution in [3.05, 3.63) is 218 Å². The van der Waals surface area contributed by atoms with Gasteiger partial charge in [-0.05, 0) is 206 Å². The van der Waals surface area contributed by atoms with E-state index in [1.807, 2.05) is 24.3 Å². The van der Waals surface area contributed by atoms with E-state index < -0.39 is 0 Å². The van der Waals surface area contributed by atoms with Gasteiger partial charge >= 0.3 is 20.4 Å². The first-order valence-corrected chi connectivity index (χ1v) is 32.6. The quantitative estimate of drug-likeness (QED) is 0.156. The minimum Gasteiger partial charge on any atom is -0.656 e. The summed E-state index contributed by atoms with van der Waals surface area (Å²) in [7, 11) is 0. The Morgan fingerprint density at radius 3 is 0.660 bits per heavy atom. The number of benzene rings is 12. The van der Waals surface area contributed by atoms with Gasteiger partial charge in [0.1, 0.15) is 52.9 Å². The normalized spacial score (nSPS) is 14.0. The Morgan fingerprint density at radius 2 is 0.433 bits per heavy atom. The SMILES string of the molecule is [Pd+2].c1ccc2cc3c(cc2c1)-c1nc-3c(-c2ccc3c(c2)OCCO3)c2[n-]c(c(-c3ccc4c(c3)OCCO4)c3nc(c(-c4ccc5c(c4)OCCO5)c4[n-]c(c1-c1ccc5c(c1)OCCO5)c1cc5ccccc5cc41)-c1cc4ccccc4cc1-3)c1cc3ccccc3cc21. The van der Waals surface area contributed by atoms with Gasteiger partial charge in [-0.1, -0.05) is 121 Å². The second-order valence-electron chi connectivity index (χ2n) is 25.1. The molecule has 0 fully saturated rings. The maximum absolute atomic E-state index is 6.53. The van der Waals surface area contributed by atoms with E-state index in [1.54, 1.807) is 0 Å². The summed E-state index contributed by atoms with van der Waals surface area (Å²) in [5.74, 6) is 5.23. The van der Waals surface area contributed by atoms with E-state index in [9.17, 15) is 0 Å². The van der Waals surface area contributed by atoms with Gasteiger partial charge in [0.05, 0.1) is 22.8 Å². The van der Waals surface area contributed by atoms with Crippen molar-refractivity contribution in [3.8, 4) is 136 Å². The van der Waals surface area contributed by atoms with Crippen LogP contribution >= 0.6 is 0 Å². The molecule has 0 N–H and O–H groups in total. The first-order chi connectivity index (χ1) is 47.5. The zero-order valence-corrected chi connectivity index (χ0v) is 53.4. The molecule has 14 aromatic rings. The van der Waals surface area contributed by atoms with Crippen LogP contribution < -0.4 is 47.9 Å². The molecule has 0 saturated heterocycles. The van der Waals surface area contributed by atoms with Crippen molar-refractivity contribution in [2.45, 2.75) is 0 Å². The van der Waals surface area contributed by atoms with Crippen molar-refractivity contribution in [1.29, 1.82) is 0 Å². The van der Waals surface area contributed by atoms with E-state index in [2.05, 4.69) is 194 Å². The smallest absolute Gasteiger partial charge is 0.656 e. The van der Waals surface area contributed by atoms with Crippen molar-refractivity contribution < 1.29 is 58.3 Å². The molecule has 6 aliphatic heterocycles. The van der Waals surface area contributed by atoms with Gasteiger partial charge in [0, 0.05) is 22.3 Å². The molecule has 0 radical (unpaired) electrons. The molecule has 97 heavy (non-hydrogen) atoms. The van der Waals surface area contributed by atoms with Crippen molar-refractivity contribution in [3.63, 3.8) is 0 Å². The minimum absolute atomic E-state index is 0. The summed E-state index contributed by atoms with van der Waals surface area (Å²) in [6.07, 6.45) is 0. The molecule has 0 unspecified atom stereocenters. The van der Waals surface area contributed by atoms with Crippen molar-refractivity contribution in [1.82, 2.24) is 19.9 Å². The van der Waals surface area contributed by atoms with Gasteiger partial charge < -0.3 is 47.9 Å². The summed E-state index contributed by atoms with van der Waals surface area (Å²) < 4.78 is 51.3. The number of ether oxygens (including phenoxy) is 8. The number of hydrogen-bond acceptors (Lipinski definition) is 10. The van der Waals surface area contributed by atoms with E-state index in [0.29, 0.717) is 98.9 Å². The predicted molar refractivity (Wildman–Crippen MR) is 379 cm³/mol. The van der Waals surface area contributed by atoms with Crippen LogP contribution in [0.1, 0.15) is 0 Å². The molecular formula is C84H52N4O8Pd. The number of rotatable bonds is 4. The van der Waals surface area contributed by atoms with Crippen LogP contribution in [0.4, 0.5) is 0 Å². The standard InChI is InChI=1S/C84H52N4O8.Pd/c1-2-10-46-34-58-57(33-45(46)9-1)77-73(53-17-21-65-69(41-53)93-29-25-89-65)79-59-35-47-11-3-4-12-48(47)36-60(59)81(86-79)75(55-19-23-67-71(43-55)95-31-27-91-67)83-63-39-51-15-7-8-16-52(51)40-64(63)84(88-83)76(56-20-24-68-72(44-56)96-32-28-92-68)82-62-38-50-14-6-5-13-49(50)37-61(62)80(87-82)74(78(58)85-77)54-18-22-66-70(42-54)94-30-26-90-66;/h1-24,33-44H,25-32H2;/q-2;+2. The Kier molecular flexibility index (Phi) is 12.5. The fraction of sp³-hybridized carbons (Fsp3) is 0.0952. The van der Waals surface area contributed by atoms with Crippen molar-refractivity contribution >= 4 is 86.7 Å². The number of fused-ring (bicyclic) bond motifs is 8. The molecule has 12 nitrogen and oxygen atoms in total. The molecule has 1 aliphatic carbocycles. The fourth-order valence-electron chi connectivity index (χ4n) is 15.3. The van der Waals surface area contributed by atoms with Gasteiger partial charge in [0.15, 0.2) is 46.0 Å². The molecule has 8 heterocycles. The molecule has 0 saturated carbocycles. The number of hydrogen-bond donors (Lipinski definition) is 0. The van der Waals surface area contributed by atoms with Crippen LogP contribution in [0, 0.1) is 0 Å². The van der Waals surface area contributed by atoms with E-state index in [4.69, 9.17) is 57.8 Å². The Morgan fingerprint density at radius 1 is 0.227 bits per heavy atom. The molecule has 7 aliphatic rings. The van der Waals surface area contributed by atoms with Gasteiger partial charge in [-0.15, -0.1) is 22.1 Å². The molecule has 466 valence electrons. The average molecular weight is 1350 g/mol. The summed E-state index contributed by atoms with van der Waals surface area (Å²) >= 11 is 0. The summed E-state index contributed by atoms with van der Waals surface area (Å²) in [6.45, 7) is 3.37. The van der Waals surface area contributed by atoms with Crippen LogP contribution in [0.2, 0.25) is 0 Å². The first kappa shape index (κ1) is 55.8. The van der Waals surface area contributed by atoms with Crippen LogP contribution in [0.5, 0.6) is 46.0 Å². The van der Waals surface area contributed by atoms with Gasteiger partial charge in [-0.25, -0.2) is 9.97 Å². The van der Waals surface area contributed by atoms with Gasteiger partial charge in [0.25, 0.3) is 0 Å². The van der Waals surface area contributed by atoms with Crippen LogP contribution in [0.25, 0.3) is 176 Å². The Hall–Kier alpha value is -11.6. The molecule has 13 heteroatoms. The molecule has 12 aromatic carbocycles. The molecule has 8 bridgehead atoms. The van der Waals surface area contributed by atoms with Crippen molar-refractivity contribution in [2.75, 3.05) is 52.9 Å². The molecule has 0 spiro atoms. The molecule has 21 rings (SSSR count). The maximum Gasteiger partial charge on any atom is 2.00 e. The monoisotopic (exact) mass is 1350 g/mol. The third-order valence-corrected chi connectivity index (χ3v) is 19.7. The fourth-order valence-corrected chi connectivity index (χ4v) is 15.3. The topological polar surface area (TPSA) is 128 Å². The van der Waals surface area contributed by atoms with E-state index in [1.165, 1.54) is 0 Å². The second kappa shape index (κ2) is 21.7. The van der Waals surface area contributed by atoms with Crippen LogP contribution in [-0.2, 0) is 20.4 Å². The molecular weight excluding hydrogens is 1300 g/mol. The third kappa shape index (κ3) is 8.71. The zero-order valence-electron chi connectivity index (χ0n) is 51.8. The third-order valence-electron chi connectivity index (χ3n) is 19.7. The van der Waals surface area contributed by atoms with Crippen molar-refractivity contribution in [2.24, 2.45) is 0 Å². The zero-order chi connectivity index (χ0) is 62.7. The van der Waals surface area contributed by atoms with E-state index >= 15 is 0 Å². The summed E-state index contributed by atoms with van der Waals surface area (Å²) in [4.78, 5) is 25.0. The number of nitrogens with zero attached hydrogens (tertiary/aromatic N) is 4. The van der Waals surface area contributed by atoms with Crippen LogP contribution in [0.3, 0.4) is 0 Å². The Bertz CT molecular complexity index is 5420. The average Bonchev–Trinajstić information content (AvgIpc) is 1.56. The second-order valence-corrected chi connectivity index (χ2v) is 25.1. The Labute approximate surface area is 568 Å². The van der Waals surface area contributed by atoms with Crippen LogP contribution in [-0.4, -0.2) is 62.8 Å².